The van der Waals surface area contributed by atoms with E-state index >= 15 is 0 Å². The number of rotatable bonds is 5. The first-order chi connectivity index (χ1) is 7.15. The normalized spacial score (nSPS) is 12.4. The number of carboxylic acid groups (broad SMARTS) is 1. The highest BCUT2D eigenvalue weighted by molar-refractivity contribution is 5.75. The topological polar surface area (TPSA) is 72.5 Å². The van der Waals surface area contributed by atoms with Crippen molar-refractivity contribution < 1.29 is 14.6 Å². The molecule has 15 heavy (non-hydrogen) atoms. The third-order valence-corrected chi connectivity index (χ3v) is 2.05. The second-order valence-corrected chi connectivity index (χ2v) is 3.20. The van der Waals surface area contributed by atoms with Gasteiger partial charge in [-0.2, -0.15) is 0 Å². The lowest BCUT2D eigenvalue weighted by Gasteiger charge is -2.08. The smallest absolute Gasteiger partial charge is 0.325 e. The fourth-order valence-corrected chi connectivity index (χ4v) is 1.24. The SMILES string of the molecule is CCOCc1cccc(C(N)C(=O)O)c1. The Morgan fingerprint density at radius 2 is 2.33 bits per heavy atom. The second kappa shape index (κ2) is 5.48. The van der Waals surface area contributed by atoms with Crippen molar-refractivity contribution >= 4 is 5.97 Å². The molecule has 0 saturated heterocycles. The summed E-state index contributed by atoms with van der Waals surface area (Å²) in [5.41, 5.74) is 7.03. The van der Waals surface area contributed by atoms with Crippen LogP contribution in [0.25, 0.3) is 0 Å². The van der Waals surface area contributed by atoms with Crippen LogP contribution in [0.1, 0.15) is 24.1 Å². The summed E-state index contributed by atoms with van der Waals surface area (Å²) < 4.78 is 5.23. The number of benzene rings is 1. The van der Waals surface area contributed by atoms with Gasteiger partial charge >= 0.3 is 5.97 Å². The highest BCUT2D eigenvalue weighted by Crippen LogP contribution is 2.13. The number of ether oxygens (including phenoxy) is 1. The molecule has 82 valence electrons. The van der Waals surface area contributed by atoms with Crippen LogP contribution in [-0.2, 0) is 16.1 Å². The van der Waals surface area contributed by atoms with Crippen molar-refractivity contribution in [3.8, 4) is 0 Å². The summed E-state index contributed by atoms with van der Waals surface area (Å²) in [6.45, 7) is 3.03. The molecule has 3 N–H and O–H groups in total. The molecule has 0 aliphatic rings. The van der Waals surface area contributed by atoms with Crippen molar-refractivity contribution in [2.24, 2.45) is 5.73 Å². The minimum Gasteiger partial charge on any atom is -0.480 e. The number of carboxylic acids is 1. The largest absolute Gasteiger partial charge is 0.480 e. The Morgan fingerprint density at radius 3 is 2.93 bits per heavy atom. The summed E-state index contributed by atoms with van der Waals surface area (Å²) in [7, 11) is 0. The van der Waals surface area contributed by atoms with Crippen molar-refractivity contribution in [2.75, 3.05) is 6.61 Å². The van der Waals surface area contributed by atoms with Gasteiger partial charge in [0, 0.05) is 6.61 Å². The summed E-state index contributed by atoms with van der Waals surface area (Å²) >= 11 is 0. The average molecular weight is 209 g/mol. The van der Waals surface area contributed by atoms with Crippen molar-refractivity contribution in [3.05, 3.63) is 35.4 Å². The minimum absolute atomic E-state index is 0.483. The van der Waals surface area contributed by atoms with Crippen molar-refractivity contribution in [2.45, 2.75) is 19.6 Å². The van der Waals surface area contributed by atoms with Crippen LogP contribution < -0.4 is 5.73 Å². The summed E-state index contributed by atoms with van der Waals surface area (Å²) in [4.78, 5) is 10.7. The van der Waals surface area contributed by atoms with E-state index < -0.39 is 12.0 Å². The Kier molecular flexibility index (Phi) is 4.27. The molecule has 4 nitrogen and oxygen atoms in total. The summed E-state index contributed by atoms with van der Waals surface area (Å²) in [6, 6.07) is 6.16. The lowest BCUT2D eigenvalue weighted by atomic mass is 10.1. The van der Waals surface area contributed by atoms with E-state index in [-0.39, 0.29) is 0 Å². The van der Waals surface area contributed by atoms with E-state index in [2.05, 4.69) is 0 Å². The third kappa shape index (κ3) is 3.34. The Balaban J connectivity index is 2.77. The molecular weight excluding hydrogens is 194 g/mol. The highest BCUT2D eigenvalue weighted by atomic mass is 16.5. The molecule has 0 bridgehead atoms. The molecule has 0 aliphatic carbocycles. The van der Waals surface area contributed by atoms with Gasteiger partial charge in [-0.1, -0.05) is 24.3 Å². The molecule has 4 heteroatoms. The zero-order valence-electron chi connectivity index (χ0n) is 8.64. The average Bonchev–Trinajstić information content (AvgIpc) is 2.25. The molecular formula is C11H15NO3. The Labute approximate surface area is 88.7 Å². The number of hydrogen-bond acceptors (Lipinski definition) is 3. The quantitative estimate of drug-likeness (QED) is 0.766. The van der Waals surface area contributed by atoms with E-state index in [4.69, 9.17) is 15.6 Å². The van der Waals surface area contributed by atoms with E-state index in [1.165, 1.54) is 0 Å². The molecule has 0 spiro atoms. The van der Waals surface area contributed by atoms with Crippen molar-refractivity contribution in [1.29, 1.82) is 0 Å². The van der Waals surface area contributed by atoms with E-state index in [1.54, 1.807) is 18.2 Å². The van der Waals surface area contributed by atoms with Gasteiger partial charge in [0.2, 0.25) is 0 Å². The van der Waals surface area contributed by atoms with Crippen molar-refractivity contribution in [1.82, 2.24) is 0 Å². The first kappa shape index (κ1) is 11.7. The van der Waals surface area contributed by atoms with Crippen LogP contribution in [0.15, 0.2) is 24.3 Å². The maximum absolute atomic E-state index is 10.7. The molecule has 0 aromatic heterocycles. The van der Waals surface area contributed by atoms with Gasteiger partial charge in [-0.25, -0.2) is 0 Å². The third-order valence-electron chi connectivity index (χ3n) is 2.05. The van der Waals surface area contributed by atoms with E-state index in [0.29, 0.717) is 18.8 Å². The predicted octanol–water partition coefficient (Wildman–Crippen LogP) is 1.31. The van der Waals surface area contributed by atoms with E-state index in [9.17, 15) is 4.79 Å². The van der Waals surface area contributed by atoms with Gasteiger partial charge in [-0.3, -0.25) is 4.79 Å². The zero-order chi connectivity index (χ0) is 11.3. The number of aliphatic carboxylic acids is 1. The van der Waals surface area contributed by atoms with Gasteiger partial charge in [0.15, 0.2) is 0 Å². The van der Waals surface area contributed by atoms with Crippen LogP contribution in [0.5, 0.6) is 0 Å². The van der Waals surface area contributed by atoms with Crippen molar-refractivity contribution in [3.63, 3.8) is 0 Å². The van der Waals surface area contributed by atoms with E-state index in [0.717, 1.165) is 5.56 Å². The minimum atomic E-state index is -1.02. The Morgan fingerprint density at radius 1 is 1.60 bits per heavy atom. The summed E-state index contributed by atoms with van der Waals surface area (Å²) in [6.07, 6.45) is 0. The number of hydrogen-bond donors (Lipinski definition) is 2. The monoisotopic (exact) mass is 209 g/mol. The van der Waals surface area contributed by atoms with Crippen LogP contribution in [-0.4, -0.2) is 17.7 Å². The highest BCUT2D eigenvalue weighted by Gasteiger charge is 2.13. The molecule has 0 amide bonds. The van der Waals surface area contributed by atoms with Crippen LogP contribution in [0.4, 0.5) is 0 Å². The van der Waals surface area contributed by atoms with Gasteiger partial charge in [-0.15, -0.1) is 0 Å². The van der Waals surface area contributed by atoms with Crippen LogP contribution >= 0.6 is 0 Å². The van der Waals surface area contributed by atoms with Crippen LogP contribution in [0, 0.1) is 0 Å². The standard InChI is InChI=1S/C11H15NO3/c1-2-15-7-8-4-3-5-9(6-8)10(12)11(13)14/h3-6,10H,2,7,12H2,1H3,(H,13,14). The molecule has 1 aromatic carbocycles. The molecule has 1 atom stereocenters. The lowest BCUT2D eigenvalue weighted by Crippen LogP contribution is -2.20. The molecule has 0 radical (unpaired) electrons. The predicted molar refractivity (Wildman–Crippen MR) is 56.3 cm³/mol. The number of carbonyl (C=O) groups is 1. The zero-order valence-corrected chi connectivity index (χ0v) is 8.64. The molecule has 1 rings (SSSR count). The first-order valence-electron chi connectivity index (χ1n) is 4.80. The lowest BCUT2D eigenvalue weighted by molar-refractivity contribution is -0.138. The maximum Gasteiger partial charge on any atom is 0.325 e. The van der Waals surface area contributed by atoms with Crippen LogP contribution in [0.3, 0.4) is 0 Å². The molecule has 1 unspecified atom stereocenters. The molecule has 0 fully saturated rings. The summed E-state index contributed by atoms with van der Waals surface area (Å²) in [5.74, 6) is -1.02. The molecule has 0 saturated carbocycles. The maximum atomic E-state index is 10.7. The van der Waals surface area contributed by atoms with Gasteiger partial charge in [0.25, 0.3) is 0 Å². The Hall–Kier alpha value is -1.39. The second-order valence-electron chi connectivity index (χ2n) is 3.20. The Bertz CT molecular complexity index is 338. The fraction of sp³-hybridized carbons (Fsp3) is 0.364. The van der Waals surface area contributed by atoms with Gasteiger partial charge in [0.05, 0.1) is 6.61 Å². The van der Waals surface area contributed by atoms with Gasteiger partial charge < -0.3 is 15.6 Å². The van der Waals surface area contributed by atoms with E-state index in [1.807, 2.05) is 13.0 Å². The fourth-order valence-electron chi connectivity index (χ4n) is 1.24. The molecule has 0 aliphatic heterocycles. The van der Waals surface area contributed by atoms with Gasteiger partial charge in [-0.05, 0) is 18.1 Å². The summed E-state index contributed by atoms with van der Waals surface area (Å²) in [5, 5.41) is 8.75. The first-order valence-corrected chi connectivity index (χ1v) is 4.80. The molecule has 1 aromatic rings. The van der Waals surface area contributed by atoms with Gasteiger partial charge in [0.1, 0.15) is 6.04 Å². The number of nitrogens with two attached hydrogens (primary N) is 1. The molecule has 0 heterocycles. The van der Waals surface area contributed by atoms with Crippen LogP contribution in [0.2, 0.25) is 0 Å².